The molecule has 2 heterocycles. The monoisotopic (exact) mass is 290 g/mol. The summed E-state index contributed by atoms with van der Waals surface area (Å²) in [5, 5.41) is 0. The van der Waals surface area contributed by atoms with Crippen molar-refractivity contribution in [2.24, 2.45) is 5.73 Å². The minimum absolute atomic E-state index is 0.180. The molecule has 0 aromatic carbocycles. The first-order valence-corrected chi connectivity index (χ1v) is 8.18. The van der Waals surface area contributed by atoms with Crippen molar-refractivity contribution >= 4 is 0 Å². The maximum absolute atomic E-state index is 6.29. The van der Waals surface area contributed by atoms with Crippen molar-refractivity contribution in [3.63, 3.8) is 0 Å². The fourth-order valence-electron chi connectivity index (χ4n) is 3.63. The molecule has 4 nitrogen and oxygen atoms in total. The summed E-state index contributed by atoms with van der Waals surface area (Å²) in [6.45, 7) is 3.22. The average molecular weight is 290 g/mol. The van der Waals surface area contributed by atoms with E-state index in [4.69, 9.17) is 15.2 Å². The van der Waals surface area contributed by atoms with Gasteiger partial charge in [0.2, 0.25) is 0 Å². The molecule has 2 N–H and O–H groups in total. The van der Waals surface area contributed by atoms with Crippen LogP contribution in [0.25, 0.3) is 0 Å². The van der Waals surface area contributed by atoms with Crippen LogP contribution in [0.4, 0.5) is 0 Å². The Balaban J connectivity index is 1.58. The van der Waals surface area contributed by atoms with Crippen LogP contribution in [0.2, 0.25) is 0 Å². The van der Waals surface area contributed by atoms with Crippen molar-refractivity contribution in [2.75, 3.05) is 13.2 Å². The third-order valence-electron chi connectivity index (χ3n) is 4.73. The van der Waals surface area contributed by atoms with Crippen molar-refractivity contribution in [1.82, 2.24) is 4.98 Å². The highest BCUT2D eigenvalue weighted by Crippen LogP contribution is 2.43. The van der Waals surface area contributed by atoms with Gasteiger partial charge in [-0.1, -0.05) is 12.8 Å². The van der Waals surface area contributed by atoms with Gasteiger partial charge in [0.05, 0.1) is 17.4 Å². The van der Waals surface area contributed by atoms with Crippen molar-refractivity contribution < 1.29 is 9.47 Å². The smallest absolute Gasteiger partial charge is 0.140 e. The third-order valence-corrected chi connectivity index (χ3v) is 4.73. The number of rotatable bonds is 5. The van der Waals surface area contributed by atoms with E-state index in [1.807, 2.05) is 19.1 Å². The Morgan fingerprint density at radius 2 is 2.14 bits per heavy atom. The second-order valence-corrected chi connectivity index (χ2v) is 6.42. The Morgan fingerprint density at radius 3 is 2.90 bits per heavy atom. The summed E-state index contributed by atoms with van der Waals surface area (Å²) in [7, 11) is 0. The van der Waals surface area contributed by atoms with Gasteiger partial charge < -0.3 is 15.2 Å². The molecule has 2 fully saturated rings. The Labute approximate surface area is 127 Å². The van der Waals surface area contributed by atoms with Crippen LogP contribution < -0.4 is 10.5 Å². The van der Waals surface area contributed by atoms with Crippen LogP contribution >= 0.6 is 0 Å². The molecule has 0 bridgehead atoms. The molecule has 0 radical (unpaired) electrons. The highest BCUT2D eigenvalue weighted by atomic mass is 16.6. The van der Waals surface area contributed by atoms with Gasteiger partial charge in [0.15, 0.2) is 0 Å². The van der Waals surface area contributed by atoms with Crippen molar-refractivity contribution in [3.8, 4) is 5.75 Å². The maximum atomic E-state index is 6.29. The first kappa shape index (κ1) is 14.8. The summed E-state index contributed by atoms with van der Waals surface area (Å²) in [5.41, 5.74) is 7.81. The molecule has 1 aromatic rings. The lowest BCUT2D eigenvalue weighted by Gasteiger charge is -2.24. The first-order valence-electron chi connectivity index (χ1n) is 8.18. The Bertz CT molecular complexity index is 484. The van der Waals surface area contributed by atoms with E-state index in [0.717, 1.165) is 30.0 Å². The molecule has 0 amide bonds. The molecule has 1 unspecified atom stereocenters. The summed E-state index contributed by atoms with van der Waals surface area (Å²) in [4.78, 5) is 4.53. The van der Waals surface area contributed by atoms with Crippen molar-refractivity contribution in [1.29, 1.82) is 0 Å². The summed E-state index contributed by atoms with van der Waals surface area (Å²) in [6.07, 6.45) is 8.39. The Kier molecular flexibility index (Phi) is 4.45. The minimum Gasteiger partial charge on any atom is -0.489 e. The highest BCUT2D eigenvalue weighted by molar-refractivity contribution is 5.29. The van der Waals surface area contributed by atoms with E-state index >= 15 is 0 Å². The molecule has 1 aliphatic heterocycles. The number of nitrogens with two attached hydrogens (primary N) is 1. The predicted molar refractivity (Wildman–Crippen MR) is 82.5 cm³/mol. The summed E-state index contributed by atoms with van der Waals surface area (Å²) in [5.74, 6) is 0.863. The zero-order chi connectivity index (χ0) is 14.7. The maximum Gasteiger partial charge on any atom is 0.140 e. The first-order chi connectivity index (χ1) is 10.2. The molecule has 1 aliphatic carbocycles. The van der Waals surface area contributed by atoms with Gasteiger partial charge in [0, 0.05) is 12.1 Å². The fraction of sp³-hybridized carbons (Fsp3) is 0.706. The van der Waals surface area contributed by atoms with Gasteiger partial charge in [-0.2, -0.15) is 0 Å². The number of ether oxygens (including phenoxy) is 2. The van der Waals surface area contributed by atoms with Crippen LogP contribution in [0, 0.1) is 6.92 Å². The van der Waals surface area contributed by atoms with Gasteiger partial charge in [0.1, 0.15) is 12.4 Å². The predicted octanol–water partition coefficient (Wildman–Crippen LogP) is 2.76. The molecule has 1 aromatic heterocycles. The van der Waals surface area contributed by atoms with E-state index in [1.54, 1.807) is 0 Å². The summed E-state index contributed by atoms with van der Waals surface area (Å²) >= 11 is 0. The minimum atomic E-state index is 0.180. The molecule has 1 saturated heterocycles. The lowest BCUT2D eigenvalue weighted by atomic mass is 9.98. The zero-order valence-corrected chi connectivity index (χ0v) is 12.9. The van der Waals surface area contributed by atoms with E-state index < -0.39 is 0 Å². The van der Waals surface area contributed by atoms with Gasteiger partial charge in [-0.3, -0.25) is 4.98 Å². The lowest BCUT2D eigenvalue weighted by Crippen LogP contribution is -2.27. The van der Waals surface area contributed by atoms with Gasteiger partial charge in [-0.15, -0.1) is 0 Å². The number of pyridine rings is 1. The van der Waals surface area contributed by atoms with Gasteiger partial charge in [-0.25, -0.2) is 0 Å². The Morgan fingerprint density at radius 1 is 1.33 bits per heavy atom. The molecule has 21 heavy (non-hydrogen) atoms. The molecule has 4 heteroatoms. The van der Waals surface area contributed by atoms with Gasteiger partial charge in [-0.05, 0) is 51.3 Å². The van der Waals surface area contributed by atoms with Gasteiger partial charge in [0.25, 0.3) is 0 Å². The SMILES string of the molecule is Cc1ccc(OCC2CCC3(CCCC3)O2)c(CCN)n1. The van der Waals surface area contributed by atoms with Crippen LogP contribution in [-0.4, -0.2) is 29.8 Å². The molecule has 3 rings (SSSR count). The third kappa shape index (κ3) is 3.38. The van der Waals surface area contributed by atoms with E-state index in [-0.39, 0.29) is 11.7 Å². The second-order valence-electron chi connectivity index (χ2n) is 6.42. The topological polar surface area (TPSA) is 57.4 Å². The van der Waals surface area contributed by atoms with Crippen LogP contribution in [0.3, 0.4) is 0 Å². The van der Waals surface area contributed by atoms with Crippen molar-refractivity contribution in [2.45, 2.75) is 63.6 Å². The lowest BCUT2D eigenvalue weighted by molar-refractivity contribution is -0.0510. The van der Waals surface area contributed by atoms with E-state index in [1.165, 1.54) is 32.1 Å². The second kappa shape index (κ2) is 6.32. The van der Waals surface area contributed by atoms with E-state index in [9.17, 15) is 0 Å². The molecule has 2 aliphatic rings. The number of hydrogen-bond donors (Lipinski definition) is 1. The number of aromatic nitrogens is 1. The normalized spacial score (nSPS) is 23.8. The highest BCUT2D eigenvalue weighted by Gasteiger charge is 2.42. The van der Waals surface area contributed by atoms with Crippen molar-refractivity contribution in [3.05, 3.63) is 23.5 Å². The molecular weight excluding hydrogens is 264 g/mol. The van der Waals surface area contributed by atoms with Crippen LogP contribution in [0.5, 0.6) is 5.75 Å². The standard InChI is InChI=1S/C17H26N2O2/c1-13-4-5-16(15(19-13)7-11-18)20-12-14-6-10-17(21-14)8-2-3-9-17/h4-5,14H,2-3,6-12,18H2,1H3. The van der Waals surface area contributed by atoms with E-state index in [2.05, 4.69) is 4.98 Å². The molecular formula is C17H26N2O2. The summed E-state index contributed by atoms with van der Waals surface area (Å²) < 4.78 is 12.3. The molecule has 116 valence electrons. The quantitative estimate of drug-likeness (QED) is 0.906. The molecule has 1 spiro atoms. The summed E-state index contributed by atoms with van der Waals surface area (Å²) in [6, 6.07) is 4.00. The van der Waals surface area contributed by atoms with Gasteiger partial charge >= 0.3 is 0 Å². The van der Waals surface area contributed by atoms with Crippen LogP contribution in [0.1, 0.15) is 49.9 Å². The zero-order valence-electron chi connectivity index (χ0n) is 12.9. The average Bonchev–Trinajstić information content (AvgIpc) is 3.09. The number of hydrogen-bond acceptors (Lipinski definition) is 4. The van der Waals surface area contributed by atoms with E-state index in [0.29, 0.717) is 13.2 Å². The number of aryl methyl sites for hydroxylation is 1. The molecule has 1 atom stereocenters. The fourth-order valence-corrected chi connectivity index (χ4v) is 3.63. The van der Waals surface area contributed by atoms with Crippen LogP contribution in [-0.2, 0) is 11.2 Å². The van der Waals surface area contributed by atoms with Crippen LogP contribution in [0.15, 0.2) is 12.1 Å². The molecule has 1 saturated carbocycles. The number of nitrogens with zero attached hydrogens (tertiary/aromatic N) is 1. The Hall–Kier alpha value is -1.13. The largest absolute Gasteiger partial charge is 0.489 e.